The summed E-state index contributed by atoms with van der Waals surface area (Å²) in [6.07, 6.45) is 4.83. The molecule has 0 saturated heterocycles. The largest absolute Gasteiger partial charge is 0.426 e. The number of benzene rings is 1. The van der Waals surface area contributed by atoms with Crippen LogP contribution in [0.25, 0.3) is 11.4 Å². The molecule has 3 heterocycles. The topological polar surface area (TPSA) is 82.5 Å². The van der Waals surface area contributed by atoms with Crippen molar-refractivity contribution in [2.75, 3.05) is 0 Å². The average Bonchev–Trinajstić information content (AvgIpc) is 3.31. The summed E-state index contributed by atoms with van der Waals surface area (Å²) < 4.78 is 7.44. The van der Waals surface area contributed by atoms with Gasteiger partial charge in [-0.1, -0.05) is 41.6 Å². The highest BCUT2D eigenvalue weighted by molar-refractivity contribution is 7.99. The smallest absolute Gasteiger partial charge is 0.234 e. The van der Waals surface area contributed by atoms with Crippen molar-refractivity contribution in [3.8, 4) is 11.4 Å². The van der Waals surface area contributed by atoms with Gasteiger partial charge < -0.3 is 8.98 Å². The molecule has 8 heteroatoms. The lowest BCUT2D eigenvalue weighted by molar-refractivity contribution is 0.501. The maximum atomic E-state index is 5.48. The van der Waals surface area contributed by atoms with Crippen LogP contribution in [0.1, 0.15) is 22.3 Å². The lowest BCUT2D eigenvalue weighted by Crippen LogP contribution is -2.01. The average molecular weight is 364 g/mol. The van der Waals surface area contributed by atoms with Crippen LogP contribution in [0.15, 0.2) is 64.8 Å². The van der Waals surface area contributed by atoms with Gasteiger partial charge >= 0.3 is 0 Å². The molecular formula is C18H16N6OS. The Balaban J connectivity index is 1.70. The molecule has 1 aromatic carbocycles. The summed E-state index contributed by atoms with van der Waals surface area (Å²) in [5, 5.41) is 17.2. The second kappa shape index (κ2) is 7.09. The van der Waals surface area contributed by atoms with E-state index in [-0.39, 0.29) is 5.25 Å². The number of nitrogens with zero attached hydrogens (tertiary/aromatic N) is 6. The first-order chi connectivity index (χ1) is 12.7. The lowest BCUT2D eigenvalue weighted by atomic mass is 10.1. The Morgan fingerprint density at radius 1 is 1.08 bits per heavy atom. The lowest BCUT2D eigenvalue weighted by Gasteiger charge is -2.13. The molecule has 130 valence electrons. The minimum atomic E-state index is -0.161. The van der Waals surface area contributed by atoms with Crippen molar-refractivity contribution in [2.45, 2.75) is 17.3 Å². The molecule has 0 saturated carbocycles. The minimum Gasteiger partial charge on any atom is -0.426 e. The van der Waals surface area contributed by atoms with Crippen LogP contribution in [0.3, 0.4) is 0 Å². The Labute approximate surface area is 154 Å². The fraction of sp³-hybridized carbons (Fsp3) is 0.167. The summed E-state index contributed by atoms with van der Waals surface area (Å²) >= 11 is 1.53. The zero-order chi connectivity index (χ0) is 17.9. The Bertz CT molecular complexity index is 1000. The van der Waals surface area contributed by atoms with Crippen LogP contribution in [-0.4, -0.2) is 29.9 Å². The first-order valence-corrected chi connectivity index (χ1v) is 8.89. The number of hydrogen-bond acceptors (Lipinski definition) is 7. The number of rotatable bonds is 5. The standard InChI is InChI=1S/C18H16N6OS/c1-12-4-3-5-14(10-12)15(17-22-20-11-25-17)26-18-23-21-16(24(18)2)13-6-8-19-9-7-13/h3-11,15H,1-2H3. The highest BCUT2D eigenvalue weighted by atomic mass is 32.2. The fourth-order valence-electron chi connectivity index (χ4n) is 2.67. The van der Waals surface area contributed by atoms with Crippen LogP contribution in [0.4, 0.5) is 0 Å². The van der Waals surface area contributed by atoms with Gasteiger partial charge in [-0.3, -0.25) is 4.98 Å². The SMILES string of the molecule is Cc1cccc(C(Sc2nnc(-c3ccncc3)n2C)c2nnco2)c1. The van der Waals surface area contributed by atoms with E-state index < -0.39 is 0 Å². The van der Waals surface area contributed by atoms with Gasteiger partial charge in [0.05, 0.1) is 0 Å². The van der Waals surface area contributed by atoms with E-state index in [0.29, 0.717) is 5.89 Å². The minimum absolute atomic E-state index is 0.161. The number of aryl methyl sites for hydroxylation is 1. The maximum absolute atomic E-state index is 5.48. The Morgan fingerprint density at radius 2 is 1.92 bits per heavy atom. The number of thioether (sulfide) groups is 1. The molecule has 4 rings (SSSR count). The van der Waals surface area contributed by atoms with Crippen molar-refractivity contribution in [3.63, 3.8) is 0 Å². The second-order valence-corrected chi connectivity index (χ2v) is 6.86. The van der Waals surface area contributed by atoms with Gasteiger partial charge in [0.15, 0.2) is 11.0 Å². The molecule has 0 N–H and O–H groups in total. The first-order valence-electron chi connectivity index (χ1n) is 8.01. The summed E-state index contributed by atoms with van der Waals surface area (Å²) in [7, 11) is 1.94. The van der Waals surface area contributed by atoms with E-state index >= 15 is 0 Å². The van der Waals surface area contributed by atoms with Gasteiger partial charge in [-0.15, -0.1) is 20.4 Å². The van der Waals surface area contributed by atoms with Gasteiger partial charge in [0.1, 0.15) is 5.25 Å². The molecule has 0 radical (unpaired) electrons. The summed E-state index contributed by atoms with van der Waals surface area (Å²) in [6, 6.07) is 12.1. The molecule has 1 unspecified atom stereocenters. The van der Waals surface area contributed by atoms with Crippen molar-refractivity contribution in [3.05, 3.63) is 72.2 Å². The Morgan fingerprint density at radius 3 is 2.65 bits per heavy atom. The number of pyridine rings is 1. The van der Waals surface area contributed by atoms with Crippen LogP contribution in [0.5, 0.6) is 0 Å². The third-order valence-electron chi connectivity index (χ3n) is 3.94. The third kappa shape index (κ3) is 3.23. The molecule has 26 heavy (non-hydrogen) atoms. The normalized spacial score (nSPS) is 12.2. The van der Waals surface area contributed by atoms with Crippen molar-refractivity contribution in [2.24, 2.45) is 7.05 Å². The highest BCUT2D eigenvalue weighted by Gasteiger charge is 2.24. The molecule has 0 spiro atoms. The number of hydrogen-bond donors (Lipinski definition) is 0. The van der Waals surface area contributed by atoms with Gasteiger partial charge in [0, 0.05) is 25.0 Å². The Hall–Kier alpha value is -3.00. The van der Waals surface area contributed by atoms with Gasteiger partial charge in [0.2, 0.25) is 12.3 Å². The quantitative estimate of drug-likeness (QED) is 0.502. The summed E-state index contributed by atoms with van der Waals surface area (Å²) in [5.41, 5.74) is 3.21. The third-order valence-corrected chi connectivity index (χ3v) is 5.22. The van der Waals surface area contributed by atoms with Crippen LogP contribution >= 0.6 is 11.8 Å². The second-order valence-electron chi connectivity index (χ2n) is 5.79. The predicted molar refractivity (Wildman–Crippen MR) is 97.4 cm³/mol. The van der Waals surface area contributed by atoms with Crippen molar-refractivity contribution in [1.29, 1.82) is 0 Å². The predicted octanol–water partition coefficient (Wildman–Crippen LogP) is 3.45. The molecule has 0 bridgehead atoms. The molecule has 0 fully saturated rings. The van der Waals surface area contributed by atoms with Crippen LogP contribution in [0.2, 0.25) is 0 Å². The van der Waals surface area contributed by atoms with E-state index in [1.165, 1.54) is 23.7 Å². The van der Waals surface area contributed by atoms with Crippen molar-refractivity contribution in [1.82, 2.24) is 29.9 Å². The summed E-state index contributed by atoms with van der Waals surface area (Å²) in [4.78, 5) is 4.05. The van der Waals surface area contributed by atoms with E-state index in [1.54, 1.807) is 12.4 Å². The molecule has 3 aromatic heterocycles. The van der Waals surface area contributed by atoms with Crippen molar-refractivity contribution >= 4 is 11.8 Å². The molecule has 0 amide bonds. The molecule has 0 aliphatic carbocycles. The molecule has 0 aliphatic heterocycles. The van der Waals surface area contributed by atoms with E-state index in [0.717, 1.165) is 22.1 Å². The van der Waals surface area contributed by atoms with Gasteiger partial charge in [-0.05, 0) is 24.6 Å². The summed E-state index contributed by atoms with van der Waals surface area (Å²) in [5.74, 6) is 1.32. The van der Waals surface area contributed by atoms with E-state index in [1.807, 2.05) is 29.8 Å². The van der Waals surface area contributed by atoms with E-state index in [4.69, 9.17) is 4.42 Å². The van der Waals surface area contributed by atoms with E-state index in [9.17, 15) is 0 Å². The number of aromatic nitrogens is 6. The van der Waals surface area contributed by atoms with Gasteiger partial charge in [-0.2, -0.15) is 0 Å². The molecule has 0 aliphatic rings. The summed E-state index contributed by atoms with van der Waals surface area (Å²) in [6.45, 7) is 2.06. The van der Waals surface area contributed by atoms with Crippen LogP contribution in [0, 0.1) is 6.92 Å². The zero-order valence-electron chi connectivity index (χ0n) is 14.3. The Kier molecular flexibility index (Phi) is 4.49. The maximum Gasteiger partial charge on any atom is 0.234 e. The molecule has 1 atom stereocenters. The molecule has 7 nitrogen and oxygen atoms in total. The highest BCUT2D eigenvalue weighted by Crippen LogP contribution is 2.39. The monoisotopic (exact) mass is 364 g/mol. The van der Waals surface area contributed by atoms with Crippen molar-refractivity contribution < 1.29 is 4.42 Å². The molecule has 4 aromatic rings. The molecular weight excluding hydrogens is 348 g/mol. The van der Waals surface area contributed by atoms with Gasteiger partial charge in [-0.25, -0.2) is 0 Å². The zero-order valence-corrected chi connectivity index (χ0v) is 15.1. The van der Waals surface area contributed by atoms with Crippen LogP contribution in [-0.2, 0) is 7.05 Å². The van der Waals surface area contributed by atoms with Crippen LogP contribution < -0.4 is 0 Å². The van der Waals surface area contributed by atoms with Gasteiger partial charge in [0.25, 0.3) is 0 Å². The van der Waals surface area contributed by atoms with E-state index in [2.05, 4.69) is 50.5 Å². The first kappa shape index (κ1) is 16.5. The fourth-order valence-corrected chi connectivity index (χ4v) is 3.69.